The van der Waals surface area contributed by atoms with Crippen LogP contribution in [0.15, 0.2) is 67.0 Å². The molecule has 7 rings (SSSR count). The Morgan fingerprint density at radius 2 is 1.62 bits per heavy atom. The number of aliphatic hydroxyl groups excluding tert-OH is 1. The Balaban J connectivity index is 1.01. The molecule has 55 heavy (non-hydrogen) atoms. The van der Waals surface area contributed by atoms with Crippen molar-refractivity contribution in [1.29, 1.82) is 5.26 Å². The Kier molecular flexibility index (Phi) is 13.0. The van der Waals surface area contributed by atoms with E-state index in [-0.39, 0.29) is 12.7 Å². The van der Waals surface area contributed by atoms with Crippen molar-refractivity contribution < 1.29 is 19.3 Å². The molecule has 2 unspecified atom stereocenters. The Labute approximate surface area is 332 Å². The average molecular weight is 763 g/mol. The van der Waals surface area contributed by atoms with Crippen LogP contribution >= 0.6 is 11.6 Å². The number of aromatic nitrogens is 1. The lowest BCUT2D eigenvalue weighted by Crippen LogP contribution is -2.42. The number of hydrogen-bond donors (Lipinski definition) is 1. The first-order chi connectivity index (χ1) is 26.8. The minimum Gasteiger partial charge on any atom is -0.493 e. The molecular weight excluding hydrogens is 708 g/mol. The lowest BCUT2D eigenvalue weighted by atomic mass is 9.78. The maximum Gasteiger partial charge on any atom is 0.142 e. The van der Waals surface area contributed by atoms with E-state index in [1.165, 1.54) is 32.1 Å². The number of hydrogen-bond acceptors (Lipinski definition) is 8. The zero-order valence-corrected chi connectivity index (χ0v) is 33.3. The fraction of sp³-hybridized carbons (Fsp3) is 0.478. The van der Waals surface area contributed by atoms with Gasteiger partial charge in [0.1, 0.15) is 36.5 Å². The first kappa shape index (κ1) is 39.1. The number of nitrogens with zero attached hydrogens (tertiary/aromatic N) is 4. The number of likely N-dealkylation sites (tertiary alicyclic amines) is 2. The summed E-state index contributed by atoms with van der Waals surface area (Å²) in [4.78, 5) is 9.24. The molecule has 1 aromatic heterocycles. The van der Waals surface area contributed by atoms with E-state index in [4.69, 9.17) is 25.8 Å². The van der Waals surface area contributed by atoms with Crippen LogP contribution in [0.25, 0.3) is 11.1 Å². The summed E-state index contributed by atoms with van der Waals surface area (Å²) in [5.41, 5.74) is 8.34. The summed E-state index contributed by atoms with van der Waals surface area (Å²) in [6.45, 7) is 11.8. The number of piperidine rings is 2. The summed E-state index contributed by atoms with van der Waals surface area (Å²) in [5.74, 6) is 2.21. The molecule has 3 fully saturated rings. The van der Waals surface area contributed by atoms with Gasteiger partial charge in [-0.1, -0.05) is 48.4 Å². The molecule has 0 bridgehead atoms. The van der Waals surface area contributed by atoms with E-state index in [1.807, 2.05) is 12.1 Å². The number of rotatable bonds is 14. The summed E-state index contributed by atoms with van der Waals surface area (Å²) in [6, 6.07) is 20.5. The van der Waals surface area contributed by atoms with Gasteiger partial charge >= 0.3 is 0 Å². The highest BCUT2D eigenvalue weighted by atomic mass is 35.5. The number of benzene rings is 3. The minimum absolute atomic E-state index is 0.112. The summed E-state index contributed by atoms with van der Waals surface area (Å²) in [6.07, 6.45) is 13.4. The van der Waals surface area contributed by atoms with E-state index in [2.05, 4.69) is 71.1 Å². The maximum atomic E-state index is 10.2. The van der Waals surface area contributed by atoms with Gasteiger partial charge in [-0.25, -0.2) is 0 Å². The van der Waals surface area contributed by atoms with Crippen molar-refractivity contribution >= 4 is 11.6 Å². The van der Waals surface area contributed by atoms with E-state index >= 15 is 0 Å². The molecule has 9 heteroatoms. The molecule has 1 saturated carbocycles. The fourth-order valence-corrected chi connectivity index (χ4v) is 9.20. The zero-order valence-electron chi connectivity index (χ0n) is 32.5. The van der Waals surface area contributed by atoms with Gasteiger partial charge in [-0.2, -0.15) is 5.26 Å². The largest absolute Gasteiger partial charge is 0.493 e. The van der Waals surface area contributed by atoms with Crippen LogP contribution in [0.2, 0.25) is 5.02 Å². The third-order valence-corrected chi connectivity index (χ3v) is 12.3. The predicted octanol–water partition coefficient (Wildman–Crippen LogP) is 9.43. The lowest BCUT2D eigenvalue weighted by molar-refractivity contribution is 0.0723. The molecule has 4 aromatic rings. The summed E-state index contributed by atoms with van der Waals surface area (Å²) in [5, 5.41) is 20.1. The third-order valence-electron chi connectivity index (χ3n) is 12.0. The normalized spacial score (nSPS) is 20.4. The molecule has 0 amide bonds. The SMILES string of the molecule is Cc1c(COc2cc(OCc3cncc(C#N)c3)c(CN3CCCCC3)cc2Cl)cccc1-c1cccc(OCCCN2CCCC3(CCC(O)C3)C2)c1C. The molecule has 8 nitrogen and oxygen atoms in total. The monoisotopic (exact) mass is 762 g/mol. The van der Waals surface area contributed by atoms with Crippen molar-refractivity contribution in [2.45, 2.75) is 97.5 Å². The molecule has 0 radical (unpaired) electrons. The van der Waals surface area contributed by atoms with Gasteiger partial charge in [-0.15, -0.1) is 0 Å². The summed E-state index contributed by atoms with van der Waals surface area (Å²) in [7, 11) is 0. The smallest absolute Gasteiger partial charge is 0.142 e. The molecule has 3 aromatic carbocycles. The number of pyridine rings is 1. The first-order valence-electron chi connectivity index (χ1n) is 20.2. The average Bonchev–Trinajstić information content (AvgIpc) is 3.55. The zero-order chi connectivity index (χ0) is 38.2. The van der Waals surface area contributed by atoms with Crippen LogP contribution in [-0.4, -0.2) is 65.3 Å². The van der Waals surface area contributed by atoms with Crippen LogP contribution < -0.4 is 14.2 Å². The van der Waals surface area contributed by atoms with Crippen LogP contribution in [0, 0.1) is 30.6 Å². The van der Waals surface area contributed by atoms with Crippen LogP contribution in [0.1, 0.15) is 91.2 Å². The van der Waals surface area contributed by atoms with Crippen LogP contribution in [-0.2, 0) is 19.8 Å². The van der Waals surface area contributed by atoms with Crippen molar-refractivity contribution in [3.63, 3.8) is 0 Å². The van der Waals surface area contributed by atoms with Crippen molar-refractivity contribution in [3.05, 3.63) is 105 Å². The van der Waals surface area contributed by atoms with Crippen LogP contribution in [0.5, 0.6) is 17.2 Å². The van der Waals surface area contributed by atoms with Gasteiger partial charge in [0.25, 0.3) is 0 Å². The van der Waals surface area contributed by atoms with Gasteiger partial charge in [0.15, 0.2) is 0 Å². The highest BCUT2D eigenvalue weighted by Crippen LogP contribution is 2.45. The van der Waals surface area contributed by atoms with Gasteiger partial charge in [-0.05, 0) is 136 Å². The maximum absolute atomic E-state index is 10.2. The second-order valence-corrected chi connectivity index (χ2v) is 16.4. The summed E-state index contributed by atoms with van der Waals surface area (Å²) >= 11 is 6.91. The molecule has 290 valence electrons. The van der Waals surface area contributed by atoms with Gasteiger partial charge in [0, 0.05) is 49.2 Å². The van der Waals surface area contributed by atoms with E-state index < -0.39 is 0 Å². The van der Waals surface area contributed by atoms with Crippen molar-refractivity contribution in [1.82, 2.24) is 14.8 Å². The second kappa shape index (κ2) is 18.2. The number of ether oxygens (including phenoxy) is 3. The fourth-order valence-electron chi connectivity index (χ4n) is 8.96. The number of nitriles is 1. The molecule has 1 spiro atoms. The van der Waals surface area contributed by atoms with E-state index in [0.717, 1.165) is 115 Å². The van der Waals surface area contributed by atoms with Crippen LogP contribution in [0.3, 0.4) is 0 Å². The quantitative estimate of drug-likeness (QED) is 0.127. The molecule has 3 aliphatic rings. The van der Waals surface area contributed by atoms with E-state index in [1.54, 1.807) is 18.5 Å². The topological polar surface area (TPSA) is 91.1 Å². The Morgan fingerprint density at radius 3 is 2.42 bits per heavy atom. The molecule has 2 aliphatic heterocycles. The standard InChI is InChI=1S/C46H55ClN4O4/c1-33-37(31-55-45-24-44(54-30-36-22-35(26-48)27-49-28-36)38(23-42(45)47)29-50-17-4-3-5-18-50)10-6-11-40(33)41-12-7-13-43(34(41)2)53-21-9-20-51-19-8-15-46(32-51)16-14-39(52)25-46/h6-7,10-13,22-24,27-28,39,52H,3-5,8-9,14-21,25,29-32H2,1-2H3. The van der Waals surface area contributed by atoms with E-state index in [0.29, 0.717) is 35.0 Å². The van der Waals surface area contributed by atoms with Gasteiger partial charge in [0.2, 0.25) is 0 Å². The first-order valence-corrected chi connectivity index (χ1v) is 20.5. The minimum atomic E-state index is -0.112. The van der Waals surface area contributed by atoms with Gasteiger partial charge in [-0.3, -0.25) is 9.88 Å². The number of aliphatic hydroxyl groups is 1. The molecule has 2 atom stereocenters. The van der Waals surface area contributed by atoms with Gasteiger partial charge in [0.05, 0.1) is 23.3 Å². The van der Waals surface area contributed by atoms with Crippen molar-refractivity contribution in [2.75, 3.05) is 39.3 Å². The Hall–Kier alpha value is -4.13. The Bertz CT molecular complexity index is 1970. The second-order valence-electron chi connectivity index (χ2n) is 16.0. The highest BCUT2D eigenvalue weighted by Gasteiger charge is 2.41. The molecule has 1 N–H and O–H groups in total. The van der Waals surface area contributed by atoms with Crippen LogP contribution in [0.4, 0.5) is 0 Å². The Morgan fingerprint density at radius 1 is 0.836 bits per heavy atom. The molecule has 2 saturated heterocycles. The highest BCUT2D eigenvalue weighted by molar-refractivity contribution is 6.32. The third kappa shape index (κ3) is 9.82. The lowest BCUT2D eigenvalue weighted by Gasteiger charge is -2.40. The van der Waals surface area contributed by atoms with Crippen molar-refractivity contribution in [3.8, 4) is 34.4 Å². The molecular formula is C46H55ClN4O4. The van der Waals surface area contributed by atoms with Gasteiger partial charge < -0.3 is 24.2 Å². The molecule has 3 heterocycles. The van der Waals surface area contributed by atoms with Crippen molar-refractivity contribution in [2.24, 2.45) is 5.41 Å². The van der Waals surface area contributed by atoms with E-state index in [9.17, 15) is 10.4 Å². The summed E-state index contributed by atoms with van der Waals surface area (Å²) < 4.78 is 19.2. The number of halogens is 1. The molecule has 1 aliphatic carbocycles. The predicted molar refractivity (Wildman–Crippen MR) is 218 cm³/mol.